The van der Waals surface area contributed by atoms with E-state index < -0.39 is 11.9 Å². The lowest BCUT2D eigenvalue weighted by molar-refractivity contribution is -0.115. The average Bonchev–Trinajstić information content (AvgIpc) is 2.73. The molecule has 1 aromatic heterocycles. The minimum atomic E-state index is -0.566. The molecule has 1 rings (SSSR count). The molecule has 7 heteroatoms. The van der Waals surface area contributed by atoms with Gasteiger partial charge in [-0.05, 0) is 40.2 Å². The van der Waals surface area contributed by atoms with Crippen LogP contribution in [0.5, 0.6) is 0 Å². The van der Waals surface area contributed by atoms with Crippen LogP contribution in [0.25, 0.3) is 0 Å². The van der Waals surface area contributed by atoms with Gasteiger partial charge in [0.2, 0.25) is 5.91 Å². The number of thiophene rings is 1. The minimum absolute atomic E-state index is 0.209. The van der Waals surface area contributed by atoms with Gasteiger partial charge in [-0.1, -0.05) is 6.92 Å². The Morgan fingerprint density at radius 2 is 1.57 bits per heavy atom. The smallest absolute Gasteiger partial charge is 0.348 e. The second-order valence-electron chi connectivity index (χ2n) is 5.57. The highest BCUT2D eigenvalue weighted by Crippen LogP contribution is 2.34. The summed E-state index contributed by atoms with van der Waals surface area (Å²) >= 11 is 1.03. The van der Waals surface area contributed by atoms with Gasteiger partial charge >= 0.3 is 11.9 Å². The second-order valence-corrected chi connectivity index (χ2v) is 6.59. The molecule has 0 aliphatic heterocycles. The number of nitrogens with one attached hydrogen (secondary N) is 1. The van der Waals surface area contributed by atoms with Crippen molar-refractivity contribution in [1.82, 2.24) is 0 Å². The van der Waals surface area contributed by atoms with Gasteiger partial charge in [0.25, 0.3) is 0 Å². The number of esters is 2. The minimum Gasteiger partial charge on any atom is -0.459 e. The molecular weight excluding hydrogens is 318 g/mol. The lowest BCUT2D eigenvalue weighted by Crippen LogP contribution is -2.16. The number of rotatable bonds is 6. The third-order valence-corrected chi connectivity index (χ3v) is 3.98. The summed E-state index contributed by atoms with van der Waals surface area (Å²) in [5.74, 6) is -1.32. The number of ether oxygens (including phenoxy) is 2. The zero-order valence-electron chi connectivity index (χ0n) is 14.3. The van der Waals surface area contributed by atoms with Crippen LogP contribution in [0.1, 0.15) is 66.6 Å². The molecule has 0 aliphatic carbocycles. The topological polar surface area (TPSA) is 81.7 Å². The predicted molar refractivity (Wildman–Crippen MR) is 89.1 cm³/mol. The quantitative estimate of drug-likeness (QED) is 0.800. The highest BCUT2D eigenvalue weighted by molar-refractivity contribution is 7.18. The SMILES string of the molecule is CCC(=O)Nc1sc(C(=O)OC(C)C)c(C)c1C(=O)OC(C)C. The van der Waals surface area contributed by atoms with Gasteiger partial charge in [0.15, 0.2) is 0 Å². The number of hydrogen-bond acceptors (Lipinski definition) is 6. The lowest BCUT2D eigenvalue weighted by Gasteiger charge is -2.10. The van der Waals surface area contributed by atoms with E-state index >= 15 is 0 Å². The molecule has 1 aromatic rings. The van der Waals surface area contributed by atoms with E-state index in [-0.39, 0.29) is 30.1 Å². The van der Waals surface area contributed by atoms with Crippen molar-refractivity contribution in [3.63, 3.8) is 0 Å². The summed E-state index contributed by atoms with van der Waals surface area (Å²) in [6.07, 6.45) is -0.312. The highest BCUT2D eigenvalue weighted by atomic mass is 32.1. The summed E-state index contributed by atoms with van der Waals surface area (Å²) in [5, 5.41) is 2.97. The zero-order chi connectivity index (χ0) is 17.7. The summed E-state index contributed by atoms with van der Waals surface area (Å²) in [7, 11) is 0. The van der Waals surface area contributed by atoms with Crippen molar-refractivity contribution in [2.75, 3.05) is 5.32 Å². The Labute approximate surface area is 140 Å². The van der Waals surface area contributed by atoms with E-state index in [1.165, 1.54) is 0 Å². The fraction of sp³-hybridized carbons (Fsp3) is 0.562. The van der Waals surface area contributed by atoms with Crippen molar-refractivity contribution in [3.05, 3.63) is 16.0 Å². The molecule has 23 heavy (non-hydrogen) atoms. The largest absolute Gasteiger partial charge is 0.459 e. The lowest BCUT2D eigenvalue weighted by atomic mass is 10.1. The molecule has 0 bridgehead atoms. The van der Waals surface area contributed by atoms with Crippen LogP contribution in [0.3, 0.4) is 0 Å². The normalized spacial score (nSPS) is 10.8. The van der Waals surface area contributed by atoms with Gasteiger partial charge in [-0.3, -0.25) is 4.79 Å². The first kappa shape index (κ1) is 19.2. The van der Waals surface area contributed by atoms with Crippen LogP contribution in [-0.2, 0) is 14.3 Å². The maximum Gasteiger partial charge on any atom is 0.348 e. The number of hydrogen-bond donors (Lipinski definition) is 1. The number of anilines is 1. The zero-order valence-corrected chi connectivity index (χ0v) is 15.1. The molecule has 0 unspecified atom stereocenters. The third-order valence-electron chi connectivity index (χ3n) is 2.80. The van der Waals surface area contributed by atoms with Gasteiger partial charge in [0.1, 0.15) is 9.88 Å². The van der Waals surface area contributed by atoms with E-state index in [9.17, 15) is 14.4 Å². The molecule has 0 fully saturated rings. The fourth-order valence-corrected chi connectivity index (χ4v) is 2.89. The monoisotopic (exact) mass is 341 g/mol. The summed E-state index contributed by atoms with van der Waals surface area (Å²) in [4.78, 5) is 36.4. The Hall–Kier alpha value is -1.89. The van der Waals surface area contributed by atoms with Crippen LogP contribution in [0.4, 0.5) is 5.00 Å². The molecule has 0 spiro atoms. The summed E-state index contributed by atoms with van der Waals surface area (Å²) in [6, 6.07) is 0. The Balaban J connectivity index is 3.28. The molecule has 0 aromatic carbocycles. The van der Waals surface area contributed by atoms with Crippen LogP contribution >= 0.6 is 11.3 Å². The molecule has 0 saturated carbocycles. The van der Waals surface area contributed by atoms with E-state index in [4.69, 9.17) is 9.47 Å². The van der Waals surface area contributed by atoms with Gasteiger partial charge < -0.3 is 14.8 Å². The first-order chi connectivity index (χ1) is 10.7. The van der Waals surface area contributed by atoms with E-state index in [1.807, 2.05) is 0 Å². The fourth-order valence-electron chi connectivity index (χ4n) is 1.80. The highest BCUT2D eigenvalue weighted by Gasteiger charge is 2.28. The van der Waals surface area contributed by atoms with Crippen molar-refractivity contribution in [1.29, 1.82) is 0 Å². The second kappa shape index (κ2) is 8.10. The first-order valence-electron chi connectivity index (χ1n) is 7.52. The average molecular weight is 341 g/mol. The van der Waals surface area contributed by atoms with Crippen molar-refractivity contribution in [3.8, 4) is 0 Å². The summed E-state index contributed by atoms with van der Waals surface area (Å²) in [5.41, 5.74) is 0.666. The summed E-state index contributed by atoms with van der Waals surface area (Å²) in [6.45, 7) is 10.3. The molecule has 1 N–H and O–H groups in total. The number of carbonyl (C=O) groups is 3. The van der Waals surface area contributed by atoms with Crippen molar-refractivity contribution in [2.24, 2.45) is 0 Å². The van der Waals surface area contributed by atoms with Crippen molar-refractivity contribution >= 4 is 34.2 Å². The van der Waals surface area contributed by atoms with Crippen LogP contribution in [-0.4, -0.2) is 30.1 Å². The maximum absolute atomic E-state index is 12.3. The van der Waals surface area contributed by atoms with E-state index in [2.05, 4.69) is 5.32 Å². The molecule has 0 saturated heterocycles. The maximum atomic E-state index is 12.3. The van der Waals surface area contributed by atoms with Gasteiger partial charge in [0, 0.05) is 6.42 Å². The Bertz CT molecular complexity index is 604. The van der Waals surface area contributed by atoms with Crippen molar-refractivity contribution < 1.29 is 23.9 Å². The van der Waals surface area contributed by atoms with Crippen LogP contribution < -0.4 is 5.32 Å². The third kappa shape index (κ3) is 5.06. The molecule has 6 nitrogen and oxygen atoms in total. The number of amides is 1. The Morgan fingerprint density at radius 1 is 1.04 bits per heavy atom. The Morgan fingerprint density at radius 3 is 2.04 bits per heavy atom. The summed E-state index contributed by atoms with van der Waals surface area (Å²) < 4.78 is 10.4. The predicted octanol–water partition coefficient (Wildman–Crippen LogP) is 3.54. The first-order valence-corrected chi connectivity index (χ1v) is 8.34. The number of carbonyl (C=O) groups excluding carboxylic acids is 3. The van der Waals surface area contributed by atoms with Gasteiger partial charge in [-0.15, -0.1) is 11.3 Å². The van der Waals surface area contributed by atoms with E-state index in [0.29, 0.717) is 15.4 Å². The van der Waals surface area contributed by atoms with Crippen LogP contribution in [0.2, 0.25) is 0 Å². The molecule has 0 radical (unpaired) electrons. The standard InChI is InChI=1S/C16H23NO5S/c1-7-11(18)17-14-12(15(19)21-8(2)3)10(6)13(23-14)16(20)22-9(4)5/h8-9H,7H2,1-6H3,(H,17,18). The van der Waals surface area contributed by atoms with E-state index in [1.54, 1.807) is 41.5 Å². The molecule has 128 valence electrons. The van der Waals surface area contributed by atoms with Gasteiger partial charge in [-0.25, -0.2) is 9.59 Å². The van der Waals surface area contributed by atoms with E-state index in [0.717, 1.165) is 11.3 Å². The molecule has 1 amide bonds. The Kier molecular flexibility index (Phi) is 6.75. The molecule has 1 heterocycles. The van der Waals surface area contributed by atoms with Crippen LogP contribution in [0.15, 0.2) is 0 Å². The van der Waals surface area contributed by atoms with Gasteiger partial charge in [0.05, 0.1) is 17.8 Å². The van der Waals surface area contributed by atoms with Crippen molar-refractivity contribution in [2.45, 2.75) is 60.2 Å². The molecule has 0 aliphatic rings. The van der Waals surface area contributed by atoms with Gasteiger partial charge in [-0.2, -0.15) is 0 Å². The molecule has 0 atom stereocenters. The van der Waals surface area contributed by atoms with Crippen LogP contribution in [0, 0.1) is 6.92 Å². The molecular formula is C16H23NO5S.